The van der Waals surface area contributed by atoms with Crippen LogP contribution in [0.25, 0.3) is 11.1 Å². The number of amides is 2. The van der Waals surface area contributed by atoms with Gasteiger partial charge in [0.1, 0.15) is 12.6 Å². The maximum Gasteiger partial charge on any atom is 0.407 e. The molecular formula is C28H34N2O5. The first-order valence-electron chi connectivity index (χ1n) is 12.3. The highest BCUT2D eigenvalue weighted by atomic mass is 16.5. The van der Waals surface area contributed by atoms with E-state index in [1.807, 2.05) is 45.0 Å². The summed E-state index contributed by atoms with van der Waals surface area (Å²) >= 11 is 0. The first kappa shape index (κ1) is 24.8. The molecule has 0 spiro atoms. The van der Waals surface area contributed by atoms with Crippen molar-refractivity contribution in [1.82, 2.24) is 10.6 Å². The number of hydrogen-bond donors (Lipinski definition) is 3. The van der Waals surface area contributed by atoms with Crippen molar-refractivity contribution in [3.63, 3.8) is 0 Å². The van der Waals surface area contributed by atoms with E-state index in [0.717, 1.165) is 35.1 Å². The van der Waals surface area contributed by atoms with Crippen LogP contribution in [-0.4, -0.2) is 41.8 Å². The van der Waals surface area contributed by atoms with Crippen molar-refractivity contribution >= 4 is 18.0 Å². The van der Waals surface area contributed by atoms with Gasteiger partial charge in [-0.3, -0.25) is 9.59 Å². The van der Waals surface area contributed by atoms with E-state index in [2.05, 4.69) is 34.9 Å². The Morgan fingerprint density at radius 1 is 0.971 bits per heavy atom. The topological polar surface area (TPSA) is 105 Å². The molecule has 1 saturated carbocycles. The molecule has 1 fully saturated rings. The van der Waals surface area contributed by atoms with Gasteiger partial charge in [-0.2, -0.15) is 0 Å². The largest absolute Gasteiger partial charge is 0.481 e. The smallest absolute Gasteiger partial charge is 0.407 e. The molecule has 2 aromatic carbocycles. The molecule has 4 rings (SSSR count). The van der Waals surface area contributed by atoms with Crippen molar-refractivity contribution in [3.05, 3.63) is 59.7 Å². The monoisotopic (exact) mass is 478 g/mol. The number of carboxylic acid groups (broad SMARTS) is 1. The molecule has 0 saturated heterocycles. The highest BCUT2D eigenvalue weighted by Gasteiger charge is 2.35. The molecule has 0 aromatic heterocycles. The fraction of sp³-hybridized carbons (Fsp3) is 0.464. The molecular weight excluding hydrogens is 444 g/mol. The van der Waals surface area contributed by atoms with Gasteiger partial charge in [-0.25, -0.2) is 4.79 Å². The lowest BCUT2D eigenvalue weighted by atomic mass is 9.84. The third-order valence-corrected chi connectivity index (χ3v) is 6.96. The standard InChI is InChI=1S/C28H34N2O5/c1-28(2,3)24(15-25(31)32)30-26(33)23(14-17-12-13-17)29-27(34)35-16-22-20-10-6-4-8-18(20)19-9-5-7-11-21(19)22/h4-11,17,22-24H,12-16H2,1-3H3,(H,29,34)(H,30,33)(H,31,32)/t23-,24?/m0/s1. The second kappa shape index (κ2) is 10.1. The lowest BCUT2D eigenvalue weighted by molar-refractivity contribution is -0.138. The zero-order valence-corrected chi connectivity index (χ0v) is 20.5. The SMILES string of the molecule is CC(C)(C)C(CC(=O)O)NC(=O)[C@H](CC1CC1)NC(=O)OCC1c2ccccc2-c2ccccc21. The van der Waals surface area contributed by atoms with E-state index < -0.39 is 29.6 Å². The third-order valence-electron chi connectivity index (χ3n) is 6.96. The van der Waals surface area contributed by atoms with Gasteiger partial charge in [0.25, 0.3) is 0 Å². The molecule has 1 unspecified atom stereocenters. The van der Waals surface area contributed by atoms with Crippen LogP contribution < -0.4 is 10.6 Å². The van der Waals surface area contributed by atoms with Crippen LogP contribution >= 0.6 is 0 Å². The minimum absolute atomic E-state index is 0.0651. The number of carbonyl (C=O) groups excluding carboxylic acids is 2. The van der Waals surface area contributed by atoms with Crippen molar-refractivity contribution in [2.75, 3.05) is 6.61 Å². The summed E-state index contributed by atoms with van der Waals surface area (Å²) in [6.07, 6.45) is 1.73. The second-order valence-corrected chi connectivity index (χ2v) is 10.7. The first-order chi connectivity index (χ1) is 16.6. The van der Waals surface area contributed by atoms with Crippen LogP contribution in [0, 0.1) is 11.3 Å². The number of benzene rings is 2. The van der Waals surface area contributed by atoms with E-state index in [9.17, 15) is 19.5 Å². The molecule has 35 heavy (non-hydrogen) atoms. The Labute approximate surface area is 206 Å². The molecule has 0 heterocycles. The van der Waals surface area contributed by atoms with Crippen molar-refractivity contribution in [2.24, 2.45) is 11.3 Å². The fourth-order valence-electron chi connectivity index (χ4n) is 4.72. The Balaban J connectivity index is 1.41. The van der Waals surface area contributed by atoms with Crippen LogP contribution in [0.3, 0.4) is 0 Å². The van der Waals surface area contributed by atoms with E-state index in [1.165, 1.54) is 0 Å². The Kier molecular flexibility index (Phi) is 7.15. The van der Waals surface area contributed by atoms with Crippen molar-refractivity contribution < 1.29 is 24.2 Å². The summed E-state index contributed by atoms with van der Waals surface area (Å²) in [4.78, 5) is 37.2. The fourth-order valence-corrected chi connectivity index (χ4v) is 4.72. The quantitative estimate of drug-likeness (QED) is 0.485. The number of nitrogens with one attached hydrogen (secondary N) is 2. The van der Waals surface area contributed by atoms with Gasteiger partial charge in [-0.15, -0.1) is 0 Å². The predicted octanol–water partition coefficient (Wildman–Crippen LogP) is 4.70. The maximum atomic E-state index is 13.1. The van der Waals surface area contributed by atoms with Gasteiger partial charge in [0.2, 0.25) is 5.91 Å². The Bertz CT molecular complexity index is 1060. The zero-order chi connectivity index (χ0) is 25.2. The number of ether oxygens (including phenoxy) is 1. The summed E-state index contributed by atoms with van der Waals surface area (Å²) < 4.78 is 5.63. The van der Waals surface area contributed by atoms with E-state index in [-0.39, 0.29) is 24.9 Å². The van der Waals surface area contributed by atoms with E-state index in [0.29, 0.717) is 12.3 Å². The Hall–Kier alpha value is -3.35. The molecule has 2 aromatic rings. The van der Waals surface area contributed by atoms with Crippen LogP contribution in [0.15, 0.2) is 48.5 Å². The molecule has 0 radical (unpaired) electrons. The first-order valence-corrected chi connectivity index (χ1v) is 12.3. The second-order valence-electron chi connectivity index (χ2n) is 10.7. The molecule has 3 N–H and O–H groups in total. The number of aliphatic carboxylic acids is 1. The van der Waals surface area contributed by atoms with Gasteiger partial charge in [0.05, 0.1) is 6.42 Å². The molecule has 0 aliphatic heterocycles. The average Bonchev–Trinajstić information content (AvgIpc) is 3.56. The van der Waals surface area contributed by atoms with Crippen LogP contribution in [0.5, 0.6) is 0 Å². The maximum absolute atomic E-state index is 13.1. The van der Waals surface area contributed by atoms with Gasteiger partial charge in [-0.05, 0) is 40.0 Å². The van der Waals surface area contributed by atoms with Crippen LogP contribution in [0.2, 0.25) is 0 Å². The highest BCUT2D eigenvalue weighted by molar-refractivity contribution is 5.86. The molecule has 7 nitrogen and oxygen atoms in total. The van der Waals surface area contributed by atoms with Gasteiger partial charge in [0, 0.05) is 12.0 Å². The minimum Gasteiger partial charge on any atom is -0.481 e. The molecule has 2 amide bonds. The number of carboxylic acids is 1. The molecule has 7 heteroatoms. The Morgan fingerprint density at radius 3 is 2.06 bits per heavy atom. The molecule has 2 atom stereocenters. The summed E-state index contributed by atoms with van der Waals surface area (Å²) in [6.45, 7) is 5.82. The van der Waals surface area contributed by atoms with Crippen LogP contribution in [-0.2, 0) is 14.3 Å². The summed E-state index contributed by atoms with van der Waals surface area (Å²) in [5.74, 6) is -1.03. The van der Waals surface area contributed by atoms with Gasteiger partial charge in [-0.1, -0.05) is 82.1 Å². The molecule has 186 valence electrons. The molecule has 2 aliphatic carbocycles. The number of rotatable bonds is 9. The lowest BCUT2D eigenvalue weighted by Crippen LogP contribution is -2.53. The summed E-state index contributed by atoms with van der Waals surface area (Å²) in [5.41, 5.74) is 4.09. The van der Waals surface area contributed by atoms with Crippen LogP contribution in [0.1, 0.15) is 63.5 Å². The van der Waals surface area contributed by atoms with E-state index in [4.69, 9.17) is 4.74 Å². The van der Waals surface area contributed by atoms with Crippen LogP contribution in [0.4, 0.5) is 4.79 Å². The predicted molar refractivity (Wildman–Crippen MR) is 133 cm³/mol. The number of fused-ring (bicyclic) bond motifs is 3. The normalized spacial score (nSPS) is 16.5. The Morgan fingerprint density at radius 2 is 1.54 bits per heavy atom. The summed E-state index contributed by atoms with van der Waals surface area (Å²) in [5, 5.41) is 14.9. The zero-order valence-electron chi connectivity index (χ0n) is 20.5. The lowest BCUT2D eigenvalue weighted by Gasteiger charge is -2.32. The van der Waals surface area contributed by atoms with E-state index >= 15 is 0 Å². The number of alkyl carbamates (subject to hydrolysis) is 1. The van der Waals surface area contributed by atoms with E-state index in [1.54, 1.807) is 0 Å². The molecule has 2 aliphatic rings. The van der Waals surface area contributed by atoms with Gasteiger partial charge >= 0.3 is 12.1 Å². The summed E-state index contributed by atoms with van der Waals surface area (Å²) in [7, 11) is 0. The average molecular weight is 479 g/mol. The van der Waals surface area contributed by atoms with Crippen molar-refractivity contribution in [2.45, 2.75) is 64.5 Å². The minimum atomic E-state index is -0.978. The molecule has 0 bridgehead atoms. The number of hydrogen-bond acceptors (Lipinski definition) is 4. The van der Waals surface area contributed by atoms with Gasteiger partial charge in [0.15, 0.2) is 0 Å². The number of carbonyl (C=O) groups is 3. The highest BCUT2D eigenvalue weighted by Crippen LogP contribution is 2.44. The van der Waals surface area contributed by atoms with Crippen molar-refractivity contribution in [1.29, 1.82) is 0 Å². The van der Waals surface area contributed by atoms with Gasteiger partial charge < -0.3 is 20.5 Å². The van der Waals surface area contributed by atoms with Crippen molar-refractivity contribution in [3.8, 4) is 11.1 Å². The summed E-state index contributed by atoms with van der Waals surface area (Å²) in [6, 6.07) is 14.9. The third kappa shape index (κ3) is 6.02.